The Bertz CT molecular complexity index is 925. The highest BCUT2D eigenvalue weighted by Crippen LogP contribution is 2.24. The van der Waals surface area contributed by atoms with Crippen LogP contribution >= 0.6 is 11.6 Å². The molecule has 0 spiro atoms. The molecule has 2 aromatic rings. The van der Waals surface area contributed by atoms with Crippen molar-refractivity contribution in [3.63, 3.8) is 0 Å². The maximum atomic E-state index is 12.7. The molecule has 0 saturated heterocycles. The third-order valence-electron chi connectivity index (χ3n) is 4.28. The Labute approximate surface area is 177 Å². The third kappa shape index (κ3) is 6.65. The summed E-state index contributed by atoms with van der Waals surface area (Å²) in [6.07, 6.45) is 1.40. The lowest BCUT2D eigenvalue weighted by Crippen LogP contribution is -2.50. The summed E-state index contributed by atoms with van der Waals surface area (Å²) in [6, 6.07) is 11.4. The third-order valence-corrected chi connectivity index (χ3v) is 5.71. The van der Waals surface area contributed by atoms with Gasteiger partial charge in [0.1, 0.15) is 18.4 Å². The van der Waals surface area contributed by atoms with Gasteiger partial charge in [-0.05, 0) is 67.8 Å². The zero-order valence-corrected chi connectivity index (χ0v) is 18.7. The van der Waals surface area contributed by atoms with Crippen LogP contribution in [0.25, 0.3) is 0 Å². The molecule has 0 radical (unpaired) electrons. The van der Waals surface area contributed by atoms with Crippen LogP contribution in [-0.2, 0) is 14.8 Å². The van der Waals surface area contributed by atoms with Crippen LogP contribution in [0, 0.1) is 13.8 Å². The second-order valence-electron chi connectivity index (χ2n) is 6.92. The molecule has 0 aliphatic rings. The molecule has 0 fully saturated rings. The largest absolute Gasteiger partial charge is 0.492 e. The fraction of sp³-hybridized carbons (Fsp3) is 0.381. The molecule has 158 valence electrons. The fourth-order valence-electron chi connectivity index (χ4n) is 3.13. The van der Waals surface area contributed by atoms with Crippen molar-refractivity contribution in [1.82, 2.24) is 5.32 Å². The second kappa shape index (κ2) is 9.98. The van der Waals surface area contributed by atoms with Gasteiger partial charge in [-0.2, -0.15) is 0 Å². The van der Waals surface area contributed by atoms with E-state index >= 15 is 0 Å². The Morgan fingerprint density at radius 2 is 1.72 bits per heavy atom. The monoisotopic (exact) mass is 438 g/mol. The lowest BCUT2D eigenvalue weighted by molar-refractivity contribution is -0.122. The van der Waals surface area contributed by atoms with Gasteiger partial charge < -0.3 is 10.1 Å². The molecular formula is C21H27ClN2O4S. The molecule has 1 amide bonds. The molecule has 29 heavy (non-hydrogen) atoms. The molecule has 0 aliphatic carbocycles. The molecular weight excluding hydrogens is 412 g/mol. The van der Waals surface area contributed by atoms with Gasteiger partial charge in [-0.25, -0.2) is 8.42 Å². The van der Waals surface area contributed by atoms with Crippen LogP contribution in [0.3, 0.4) is 0 Å². The summed E-state index contributed by atoms with van der Waals surface area (Å²) in [5, 5.41) is 3.26. The molecule has 0 aromatic heterocycles. The standard InChI is InChI=1S/C21H27ClN2O4S/c1-5-20(24(29(4,26)27)18-8-6-17(22)7-9-18)21(25)23-10-11-28-19-13-15(2)12-16(3)14-19/h6-9,12-14,20H,5,10-11H2,1-4H3,(H,23,25)/t20-/m0/s1. The number of hydrogen-bond acceptors (Lipinski definition) is 4. The number of benzene rings is 2. The summed E-state index contributed by atoms with van der Waals surface area (Å²) in [6.45, 7) is 6.30. The number of carbonyl (C=O) groups is 1. The molecule has 0 unspecified atom stereocenters. The van der Waals surface area contributed by atoms with E-state index in [1.165, 1.54) is 0 Å². The zero-order valence-electron chi connectivity index (χ0n) is 17.1. The van der Waals surface area contributed by atoms with E-state index in [1.54, 1.807) is 31.2 Å². The highest BCUT2D eigenvalue weighted by molar-refractivity contribution is 7.92. The lowest BCUT2D eigenvalue weighted by atomic mass is 10.1. The Kier molecular flexibility index (Phi) is 7.93. The molecule has 0 heterocycles. The van der Waals surface area contributed by atoms with Gasteiger partial charge in [-0.3, -0.25) is 9.10 Å². The average Bonchev–Trinajstić information content (AvgIpc) is 2.62. The molecule has 0 aliphatic heterocycles. The molecule has 8 heteroatoms. The molecule has 2 aromatic carbocycles. The van der Waals surface area contributed by atoms with Crippen molar-refractivity contribution in [2.75, 3.05) is 23.7 Å². The van der Waals surface area contributed by atoms with Crippen LogP contribution in [0.4, 0.5) is 5.69 Å². The summed E-state index contributed by atoms with van der Waals surface area (Å²) < 4.78 is 31.6. The maximum Gasteiger partial charge on any atom is 0.244 e. The molecule has 2 rings (SSSR count). The number of ether oxygens (including phenoxy) is 1. The van der Waals surface area contributed by atoms with E-state index in [4.69, 9.17) is 16.3 Å². The molecule has 1 N–H and O–H groups in total. The number of nitrogens with one attached hydrogen (secondary N) is 1. The van der Waals surface area contributed by atoms with E-state index in [0.717, 1.165) is 27.4 Å². The first-order valence-corrected chi connectivity index (χ1v) is 11.6. The number of nitrogens with zero attached hydrogens (tertiary/aromatic N) is 1. The Balaban J connectivity index is 2.04. The summed E-state index contributed by atoms with van der Waals surface area (Å²) >= 11 is 5.90. The van der Waals surface area contributed by atoms with Crippen molar-refractivity contribution in [1.29, 1.82) is 0 Å². The van der Waals surface area contributed by atoms with E-state index in [0.29, 0.717) is 17.1 Å². The number of hydrogen-bond donors (Lipinski definition) is 1. The van der Waals surface area contributed by atoms with Crippen LogP contribution in [0.5, 0.6) is 5.75 Å². The Morgan fingerprint density at radius 3 is 2.24 bits per heavy atom. The predicted octanol–water partition coefficient (Wildman–Crippen LogP) is 3.70. The van der Waals surface area contributed by atoms with Crippen LogP contribution in [0.1, 0.15) is 24.5 Å². The minimum Gasteiger partial charge on any atom is -0.492 e. The minimum atomic E-state index is -3.67. The van der Waals surface area contributed by atoms with Gasteiger partial charge in [-0.1, -0.05) is 24.6 Å². The number of rotatable bonds is 9. The van der Waals surface area contributed by atoms with Gasteiger partial charge in [-0.15, -0.1) is 0 Å². The molecule has 0 bridgehead atoms. The fourth-order valence-corrected chi connectivity index (χ4v) is 4.46. The number of anilines is 1. The first-order valence-electron chi connectivity index (χ1n) is 9.35. The highest BCUT2D eigenvalue weighted by atomic mass is 35.5. The summed E-state index contributed by atoms with van der Waals surface area (Å²) in [4.78, 5) is 12.7. The first kappa shape index (κ1) is 23.0. The van der Waals surface area contributed by atoms with Crippen LogP contribution in [0.2, 0.25) is 5.02 Å². The SMILES string of the molecule is CC[C@@H](C(=O)NCCOc1cc(C)cc(C)c1)N(c1ccc(Cl)cc1)S(C)(=O)=O. The van der Waals surface area contributed by atoms with Gasteiger partial charge >= 0.3 is 0 Å². The average molecular weight is 439 g/mol. The van der Waals surface area contributed by atoms with E-state index in [2.05, 4.69) is 11.4 Å². The maximum absolute atomic E-state index is 12.7. The van der Waals surface area contributed by atoms with E-state index in [9.17, 15) is 13.2 Å². The zero-order chi connectivity index (χ0) is 21.6. The van der Waals surface area contributed by atoms with Crippen LogP contribution < -0.4 is 14.4 Å². The smallest absolute Gasteiger partial charge is 0.244 e. The van der Waals surface area contributed by atoms with E-state index in [-0.39, 0.29) is 19.1 Å². The topological polar surface area (TPSA) is 75.7 Å². The van der Waals surface area contributed by atoms with Gasteiger partial charge in [0.15, 0.2) is 0 Å². The normalized spacial score (nSPS) is 12.3. The van der Waals surface area contributed by atoms with Crippen LogP contribution in [0.15, 0.2) is 42.5 Å². The first-order chi connectivity index (χ1) is 13.6. The van der Waals surface area contributed by atoms with E-state index < -0.39 is 16.1 Å². The van der Waals surface area contributed by atoms with E-state index in [1.807, 2.05) is 26.0 Å². The van der Waals surface area contributed by atoms with Crippen molar-refractivity contribution in [3.05, 3.63) is 58.6 Å². The molecule has 1 atom stereocenters. The Hall–Kier alpha value is -2.25. The Morgan fingerprint density at radius 1 is 1.14 bits per heavy atom. The number of amides is 1. The number of halogens is 1. The number of carbonyl (C=O) groups excluding carboxylic acids is 1. The summed E-state index contributed by atoms with van der Waals surface area (Å²) in [5.41, 5.74) is 2.59. The van der Waals surface area contributed by atoms with Gasteiger partial charge in [0.05, 0.1) is 18.5 Å². The molecule has 6 nitrogen and oxygen atoms in total. The highest BCUT2D eigenvalue weighted by Gasteiger charge is 2.31. The minimum absolute atomic E-state index is 0.264. The summed E-state index contributed by atoms with van der Waals surface area (Å²) in [7, 11) is -3.67. The summed E-state index contributed by atoms with van der Waals surface area (Å²) in [5.74, 6) is 0.361. The van der Waals surface area contributed by atoms with Gasteiger partial charge in [0.25, 0.3) is 0 Å². The van der Waals surface area contributed by atoms with Gasteiger partial charge in [0.2, 0.25) is 15.9 Å². The second-order valence-corrected chi connectivity index (χ2v) is 9.22. The molecule has 0 saturated carbocycles. The van der Waals surface area contributed by atoms with Crippen molar-refractivity contribution < 1.29 is 17.9 Å². The predicted molar refractivity (Wildman–Crippen MR) is 117 cm³/mol. The lowest BCUT2D eigenvalue weighted by Gasteiger charge is -2.30. The van der Waals surface area contributed by atoms with Crippen molar-refractivity contribution in [2.45, 2.75) is 33.2 Å². The van der Waals surface area contributed by atoms with Crippen molar-refractivity contribution >= 4 is 33.2 Å². The number of aryl methyl sites for hydroxylation is 2. The quantitative estimate of drug-likeness (QED) is 0.606. The van der Waals surface area contributed by atoms with Crippen molar-refractivity contribution in [2.24, 2.45) is 0 Å². The van der Waals surface area contributed by atoms with Crippen LogP contribution in [-0.4, -0.2) is 39.8 Å². The number of sulfonamides is 1. The van der Waals surface area contributed by atoms with Gasteiger partial charge in [0, 0.05) is 5.02 Å². The van der Waals surface area contributed by atoms with Crippen molar-refractivity contribution in [3.8, 4) is 5.75 Å².